The minimum absolute atomic E-state index is 0.0537. The van der Waals surface area contributed by atoms with Crippen molar-refractivity contribution in [2.45, 2.75) is 84.9 Å². The Bertz CT molecular complexity index is 837. The van der Waals surface area contributed by atoms with Gasteiger partial charge in [0.05, 0.1) is 35.7 Å². The van der Waals surface area contributed by atoms with Crippen LogP contribution in [0.5, 0.6) is 5.75 Å². The number of carbonyl (C=O) groups excluding carboxylic acids is 1. The molecule has 1 aliphatic rings. The monoisotopic (exact) mass is 470 g/mol. The maximum atomic E-state index is 13.9. The highest BCUT2D eigenvalue weighted by atomic mass is 28.3. The van der Waals surface area contributed by atoms with Crippen LogP contribution in [0.1, 0.15) is 48.0 Å². The van der Waals surface area contributed by atoms with E-state index in [0.29, 0.717) is 6.42 Å². The van der Waals surface area contributed by atoms with E-state index in [1.54, 1.807) is 25.7 Å². The van der Waals surface area contributed by atoms with Gasteiger partial charge < -0.3 is 13.9 Å². The highest BCUT2D eigenvalue weighted by Gasteiger charge is 2.46. The van der Waals surface area contributed by atoms with Crippen molar-refractivity contribution in [1.82, 2.24) is 4.90 Å². The van der Waals surface area contributed by atoms with Gasteiger partial charge in [-0.1, -0.05) is 20.8 Å². The summed E-state index contributed by atoms with van der Waals surface area (Å²) in [6.45, 7) is 15.9. The first-order valence-electron chi connectivity index (χ1n) is 10.8. The van der Waals surface area contributed by atoms with E-state index in [4.69, 9.17) is 13.9 Å². The summed E-state index contributed by atoms with van der Waals surface area (Å²) in [5.41, 5.74) is -1.32. The number of rotatable bonds is 6. The molecular weight excluding hydrogens is 435 g/mol. The van der Waals surface area contributed by atoms with Crippen LogP contribution >= 0.6 is 0 Å². The van der Waals surface area contributed by atoms with Crippen LogP contribution in [-0.4, -0.2) is 55.4 Å². The zero-order chi connectivity index (χ0) is 24.4. The lowest BCUT2D eigenvalue weighted by Gasteiger charge is -2.40. The molecule has 3 atom stereocenters. The second-order valence-corrected chi connectivity index (χ2v) is 12.9. The molecule has 2 rings (SSSR count). The molecule has 1 aromatic carbocycles. The van der Waals surface area contributed by atoms with Crippen molar-refractivity contribution in [2.75, 3.05) is 6.54 Å². The number of carbonyl (C=O) groups is 1. The topological polar surface area (TPSA) is 91.1 Å². The quantitative estimate of drug-likeness (QED) is 0.333. The number of hydrogen-bond acceptors (Lipinski definition) is 6. The van der Waals surface area contributed by atoms with Crippen molar-refractivity contribution in [3.8, 4) is 5.75 Å². The predicted octanol–water partition coefficient (Wildman–Crippen LogP) is 4.91. The first-order chi connectivity index (χ1) is 14.6. The van der Waals surface area contributed by atoms with Crippen LogP contribution in [0.15, 0.2) is 18.2 Å². The molecule has 32 heavy (non-hydrogen) atoms. The van der Waals surface area contributed by atoms with E-state index in [9.17, 15) is 19.3 Å². The van der Waals surface area contributed by atoms with E-state index in [1.807, 2.05) is 0 Å². The molecule has 180 valence electrons. The average Bonchev–Trinajstić information content (AvgIpc) is 3.00. The molecule has 1 fully saturated rings. The highest BCUT2D eigenvalue weighted by Crippen LogP contribution is 2.36. The van der Waals surface area contributed by atoms with Crippen LogP contribution in [0.2, 0.25) is 13.1 Å². The van der Waals surface area contributed by atoms with Gasteiger partial charge in [0.15, 0.2) is 9.04 Å². The van der Waals surface area contributed by atoms with Gasteiger partial charge in [0, 0.05) is 12.5 Å². The van der Waals surface area contributed by atoms with Crippen LogP contribution < -0.4 is 4.74 Å². The van der Waals surface area contributed by atoms with Gasteiger partial charge in [-0.05, 0) is 39.3 Å². The Morgan fingerprint density at radius 2 is 1.84 bits per heavy atom. The second-order valence-electron chi connectivity index (χ2n) is 10.5. The van der Waals surface area contributed by atoms with Crippen molar-refractivity contribution >= 4 is 20.8 Å². The number of halogens is 1. The SMILES string of the molecule is C[SiH](C)OC(C1CC(Oc2cc(F)cc([N+](=O)[O-])c2)CN1C(=O)OC(C)(C)C)C(C)(C)C. The van der Waals surface area contributed by atoms with Crippen molar-refractivity contribution in [3.63, 3.8) is 0 Å². The Morgan fingerprint density at radius 1 is 1.22 bits per heavy atom. The number of non-ortho nitro benzene ring substituents is 1. The number of ether oxygens (including phenoxy) is 2. The molecule has 0 bridgehead atoms. The molecule has 0 aliphatic carbocycles. The fourth-order valence-electron chi connectivity index (χ4n) is 3.81. The lowest BCUT2D eigenvalue weighted by atomic mass is 9.83. The molecule has 10 heteroatoms. The Morgan fingerprint density at radius 3 is 2.34 bits per heavy atom. The van der Waals surface area contributed by atoms with Gasteiger partial charge >= 0.3 is 6.09 Å². The van der Waals surface area contributed by atoms with Crippen LogP contribution in [0, 0.1) is 21.3 Å². The zero-order valence-electron chi connectivity index (χ0n) is 20.2. The van der Waals surface area contributed by atoms with Crippen molar-refractivity contribution in [3.05, 3.63) is 34.1 Å². The zero-order valence-corrected chi connectivity index (χ0v) is 21.3. The van der Waals surface area contributed by atoms with Crippen LogP contribution in [0.4, 0.5) is 14.9 Å². The maximum absolute atomic E-state index is 13.9. The van der Waals surface area contributed by atoms with Gasteiger partial charge in [-0.25, -0.2) is 9.18 Å². The Labute approximate surface area is 190 Å². The molecule has 0 aromatic heterocycles. The largest absolute Gasteiger partial charge is 0.488 e. The number of likely N-dealkylation sites (tertiary alicyclic amines) is 1. The summed E-state index contributed by atoms with van der Waals surface area (Å²) >= 11 is 0. The smallest absolute Gasteiger partial charge is 0.410 e. The third kappa shape index (κ3) is 7.16. The number of nitro groups is 1. The average molecular weight is 471 g/mol. The molecular formula is C22H35FN2O6Si. The summed E-state index contributed by atoms with van der Waals surface area (Å²) in [4.78, 5) is 25.1. The molecule has 1 heterocycles. The van der Waals surface area contributed by atoms with Crippen LogP contribution in [-0.2, 0) is 9.16 Å². The van der Waals surface area contributed by atoms with Gasteiger partial charge in [-0.15, -0.1) is 0 Å². The number of amides is 1. The van der Waals surface area contributed by atoms with E-state index in [0.717, 1.165) is 12.1 Å². The van der Waals surface area contributed by atoms with Gasteiger partial charge in [0.25, 0.3) is 5.69 Å². The standard InChI is InChI=1S/C22H35FN2O6Si/c1-21(2,3)19(31-32(7)8)18-12-17(13-24(18)20(26)30-22(4,5)6)29-16-10-14(23)9-15(11-16)25(27)28/h9-11,17-19,32H,12-13H2,1-8H3. The number of nitrogens with zero attached hydrogens (tertiary/aromatic N) is 2. The molecule has 1 aromatic rings. The molecule has 1 saturated heterocycles. The van der Waals surface area contributed by atoms with Crippen LogP contribution in [0.3, 0.4) is 0 Å². The molecule has 3 unspecified atom stereocenters. The summed E-state index contributed by atoms with van der Waals surface area (Å²) < 4.78 is 31.8. The second kappa shape index (κ2) is 9.74. The fraction of sp³-hybridized carbons (Fsp3) is 0.682. The fourth-order valence-corrected chi connectivity index (χ4v) is 4.98. The normalized spacial score (nSPS) is 20.4. The Balaban J connectivity index is 2.34. The molecule has 0 N–H and O–H groups in total. The van der Waals surface area contributed by atoms with E-state index >= 15 is 0 Å². The molecule has 1 amide bonds. The first kappa shape index (κ1) is 26.1. The predicted molar refractivity (Wildman–Crippen MR) is 122 cm³/mol. The minimum Gasteiger partial charge on any atom is -0.488 e. The van der Waals surface area contributed by atoms with Gasteiger partial charge in [0.2, 0.25) is 0 Å². The number of hydrogen-bond donors (Lipinski definition) is 0. The molecule has 8 nitrogen and oxygen atoms in total. The van der Waals surface area contributed by atoms with Gasteiger partial charge in [0.1, 0.15) is 23.3 Å². The Hall–Kier alpha value is -2.20. The van der Waals surface area contributed by atoms with Crippen molar-refractivity contribution in [1.29, 1.82) is 0 Å². The Kier molecular flexibility index (Phi) is 7.93. The van der Waals surface area contributed by atoms with E-state index < -0.39 is 37.6 Å². The van der Waals surface area contributed by atoms with Crippen molar-refractivity contribution < 1.29 is 28.0 Å². The summed E-state index contributed by atoms with van der Waals surface area (Å²) in [5.74, 6) is -0.701. The van der Waals surface area contributed by atoms with Gasteiger partial charge in [-0.2, -0.15) is 0 Å². The molecule has 0 spiro atoms. The van der Waals surface area contributed by atoms with Crippen LogP contribution in [0.25, 0.3) is 0 Å². The van der Waals surface area contributed by atoms with Gasteiger partial charge in [-0.3, -0.25) is 15.0 Å². The maximum Gasteiger partial charge on any atom is 0.410 e. The molecule has 0 radical (unpaired) electrons. The summed E-state index contributed by atoms with van der Waals surface area (Å²) in [6, 6.07) is 2.83. The third-order valence-electron chi connectivity index (χ3n) is 4.92. The summed E-state index contributed by atoms with van der Waals surface area (Å²) in [6.07, 6.45) is -0.775. The number of nitro benzene ring substituents is 1. The first-order valence-corrected chi connectivity index (χ1v) is 13.6. The highest BCUT2D eigenvalue weighted by molar-refractivity contribution is 6.48. The van der Waals surface area contributed by atoms with E-state index in [-0.39, 0.29) is 35.5 Å². The molecule has 1 aliphatic heterocycles. The van der Waals surface area contributed by atoms with Crippen molar-refractivity contribution in [2.24, 2.45) is 5.41 Å². The lowest BCUT2D eigenvalue weighted by Crippen LogP contribution is -2.51. The number of benzene rings is 1. The molecule has 0 saturated carbocycles. The third-order valence-corrected chi connectivity index (χ3v) is 5.76. The summed E-state index contributed by atoms with van der Waals surface area (Å²) in [5, 5.41) is 11.1. The summed E-state index contributed by atoms with van der Waals surface area (Å²) in [7, 11) is -1.44. The van der Waals surface area contributed by atoms with E-state index in [1.165, 1.54) is 6.07 Å². The lowest BCUT2D eigenvalue weighted by molar-refractivity contribution is -0.385. The van der Waals surface area contributed by atoms with E-state index in [2.05, 4.69) is 33.9 Å². The minimum atomic E-state index is -1.44.